The van der Waals surface area contributed by atoms with Crippen LogP contribution in [0.4, 0.5) is 10.5 Å². The van der Waals surface area contributed by atoms with E-state index in [0.29, 0.717) is 28.7 Å². The number of carbonyl (C=O) groups is 1. The van der Waals surface area contributed by atoms with Crippen molar-refractivity contribution in [2.24, 2.45) is 0 Å². The van der Waals surface area contributed by atoms with Gasteiger partial charge in [-0.15, -0.1) is 0 Å². The van der Waals surface area contributed by atoms with Crippen LogP contribution in [0.5, 0.6) is 23.0 Å². The summed E-state index contributed by atoms with van der Waals surface area (Å²) in [7, 11) is 5.33. The highest BCUT2D eigenvalue weighted by Gasteiger charge is 2.28. The minimum Gasteiger partial charge on any atom is -0.493 e. The lowest BCUT2D eigenvalue weighted by atomic mass is 10.0. The molecule has 1 unspecified atom stereocenters. The van der Waals surface area contributed by atoms with Crippen molar-refractivity contribution >= 4 is 22.7 Å². The molecule has 2 aromatic carbocycles. The zero-order valence-electron chi connectivity index (χ0n) is 24.6. The van der Waals surface area contributed by atoms with Gasteiger partial charge in [0, 0.05) is 56.4 Å². The van der Waals surface area contributed by atoms with E-state index in [0.717, 1.165) is 74.0 Å². The second-order valence-electron chi connectivity index (χ2n) is 10.5. The highest BCUT2D eigenvalue weighted by Crippen LogP contribution is 2.39. The van der Waals surface area contributed by atoms with Gasteiger partial charge in [-0.25, -0.2) is 4.79 Å². The van der Waals surface area contributed by atoms with E-state index in [1.54, 1.807) is 25.3 Å². The fourth-order valence-electron chi connectivity index (χ4n) is 5.40. The van der Waals surface area contributed by atoms with Crippen LogP contribution >= 0.6 is 0 Å². The highest BCUT2D eigenvalue weighted by molar-refractivity contribution is 5.89. The van der Waals surface area contributed by atoms with Gasteiger partial charge >= 0.3 is 6.09 Å². The number of carboxylic acid groups (broad SMARTS) is 1. The van der Waals surface area contributed by atoms with Crippen molar-refractivity contribution < 1.29 is 24.1 Å². The van der Waals surface area contributed by atoms with Gasteiger partial charge in [-0.1, -0.05) is 13.3 Å². The summed E-state index contributed by atoms with van der Waals surface area (Å²) in [4.78, 5) is 23.5. The predicted molar refractivity (Wildman–Crippen MR) is 159 cm³/mol. The number of rotatable bonds is 11. The maximum absolute atomic E-state index is 12.7. The van der Waals surface area contributed by atoms with Gasteiger partial charge in [-0.05, 0) is 69.1 Å². The quantitative estimate of drug-likeness (QED) is 0.313. The molecule has 1 atom stereocenters. The Hall–Kier alpha value is -3.56. The molecule has 1 aliphatic heterocycles. The van der Waals surface area contributed by atoms with Crippen LogP contribution in [0.25, 0.3) is 10.9 Å². The molecular weight excluding hydrogens is 508 g/mol. The van der Waals surface area contributed by atoms with E-state index in [9.17, 15) is 9.90 Å². The summed E-state index contributed by atoms with van der Waals surface area (Å²) in [6, 6.07) is 9.13. The van der Waals surface area contributed by atoms with Crippen molar-refractivity contribution in [3.63, 3.8) is 0 Å². The van der Waals surface area contributed by atoms with E-state index in [4.69, 9.17) is 14.2 Å². The van der Waals surface area contributed by atoms with Crippen molar-refractivity contribution in [1.82, 2.24) is 14.8 Å². The number of anilines is 1. The van der Waals surface area contributed by atoms with Crippen molar-refractivity contribution in [2.75, 3.05) is 58.9 Å². The number of hydrogen-bond donors (Lipinski definition) is 1. The Balaban J connectivity index is 1.61. The molecule has 0 spiro atoms. The molecule has 40 heavy (non-hydrogen) atoms. The van der Waals surface area contributed by atoms with Crippen LogP contribution in [-0.2, 0) is 0 Å². The molecule has 3 aromatic rings. The molecule has 9 heteroatoms. The molecule has 9 nitrogen and oxygen atoms in total. The van der Waals surface area contributed by atoms with E-state index in [1.165, 1.54) is 0 Å². The molecule has 1 aromatic heterocycles. The largest absolute Gasteiger partial charge is 0.493 e. The van der Waals surface area contributed by atoms with E-state index < -0.39 is 6.09 Å². The number of nitrogens with zero attached hydrogens (tertiary/aromatic N) is 4. The molecule has 2 heterocycles. The van der Waals surface area contributed by atoms with Crippen LogP contribution in [0, 0.1) is 13.8 Å². The monoisotopic (exact) mass is 550 g/mol. The van der Waals surface area contributed by atoms with Crippen molar-refractivity contribution in [1.29, 1.82) is 0 Å². The smallest absolute Gasteiger partial charge is 0.412 e. The average Bonchev–Trinajstić information content (AvgIpc) is 2.95. The van der Waals surface area contributed by atoms with Crippen LogP contribution in [0.15, 0.2) is 36.5 Å². The molecule has 0 aliphatic carbocycles. The SMILES string of the molecule is CCCC(CCN1CCN(C)CC1)N(C(=O)O)c1ccc(Oc2ccnc3cc(OC)c(OC)cc23)c(C)c1C. The molecule has 4 rings (SSSR count). The molecule has 0 radical (unpaired) electrons. The van der Waals surface area contributed by atoms with Gasteiger partial charge < -0.3 is 29.1 Å². The molecule has 1 amide bonds. The van der Waals surface area contributed by atoms with Crippen LogP contribution in [0.2, 0.25) is 0 Å². The van der Waals surface area contributed by atoms with Crippen molar-refractivity contribution in [3.8, 4) is 23.0 Å². The van der Waals surface area contributed by atoms with Crippen molar-refractivity contribution in [2.45, 2.75) is 46.1 Å². The summed E-state index contributed by atoms with van der Waals surface area (Å²) in [5.41, 5.74) is 3.21. The Morgan fingerprint density at radius 2 is 1.68 bits per heavy atom. The number of hydrogen-bond acceptors (Lipinski definition) is 7. The molecular formula is C31H42N4O5. The predicted octanol–water partition coefficient (Wildman–Crippen LogP) is 5.95. The van der Waals surface area contributed by atoms with Gasteiger partial charge in [0.05, 0.1) is 25.4 Å². The molecule has 0 saturated carbocycles. The van der Waals surface area contributed by atoms with E-state index in [-0.39, 0.29) is 6.04 Å². The number of aromatic nitrogens is 1. The zero-order valence-corrected chi connectivity index (χ0v) is 24.6. The molecule has 1 saturated heterocycles. The summed E-state index contributed by atoms with van der Waals surface area (Å²) in [6.45, 7) is 11.1. The second-order valence-corrected chi connectivity index (χ2v) is 10.5. The normalized spacial score (nSPS) is 15.2. The van der Waals surface area contributed by atoms with Crippen LogP contribution in [0.1, 0.15) is 37.3 Å². The number of fused-ring (bicyclic) bond motifs is 1. The van der Waals surface area contributed by atoms with Crippen LogP contribution < -0.4 is 19.1 Å². The van der Waals surface area contributed by atoms with Gasteiger partial charge in [0.25, 0.3) is 0 Å². The lowest BCUT2D eigenvalue weighted by Gasteiger charge is -2.36. The zero-order chi connectivity index (χ0) is 28.8. The third-order valence-electron chi connectivity index (χ3n) is 7.96. The van der Waals surface area contributed by atoms with Gasteiger partial charge in [-0.3, -0.25) is 9.88 Å². The summed E-state index contributed by atoms with van der Waals surface area (Å²) < 4.78 is 17.3. The molecule has 1 fully saturated rings. The maximum Gasteiger partial charge on any atom is 0.412 e. The van der Waals surface area contributed by atoms with Gasteiger partial charge in [0.1, 0.15) is 11.5 Å². The van der Waals surface area contributed by atoms with E-state index in [1.807, 2.05) is 44.2 Å². The minimum absolute atomic E-state index is 0.0985. The first-order chi connectivity index (χ1) is 19.3. The second kappa shape index (κ2) is 13.2. The minimum atomic E-state index is -0.922. The number of likely N-dealkylation sites (N-methyl/N-ethyl adjacent to an activating group) is 1. The molecule has 216 valence electrons. The third kappa shape index (κ3) is 6.42. The van der Waals surface area contributed by atoms with Crippen LogP contribution in [-0.4, -0.2) is 86.0 Å². The highest BCUT2D eigenvalue weighted by atomic mass is 16.5. The fourth-order valence-corrected chi connectivity index (χ4v) is 5.40. The Morgan fingerprint density at radius 3 is 2.33 bits per heavy atom. The first-order valence-electron chi connectivity index (χ1n) is 14.0. The van der Waals surface area contributed by atoms with Gasteiger partial charge in [0.2, 0.25) is 0 Å². The Labute approximate surface area is 237 Å². The standard InChI is InChI=1S/C31H42N4O5/c1-7-8-23(12-14-34-17-15-33(4)16-18-34)35(31(36)37)26-9-10-27(22(3)21(26)2)40-28-11-13-32-25-20-30(39-6)29(38-5)19-24(25)28/h9-11,13,19-20,23H,7-8,12,14-18H2,1-6H3,(H,36,37). The number of piperazine rings is 1. The summed E-state index contributed by atoms with van der Waals surface area (Å²) in [5, 5.41) is 11.2. The molecule has 1 aliphatic rings. The van der Waals surface area contributed by atoms with Gasteiger partial charge in [-0.2, -0.15) is 0 Å². The van der Waals surface area contributed by atoms with E-state index >= 15 is 0 Å². The van der Waals surface area contributed by atoms with E-state index in [2.05, 4.69) is 28.8 Å². The number of ether oxygens (including phenoxy) is 3. The summed E-state index contributed by atoms with van der Waals surface area (Å²) in [6.07, 6.45) is 3.30. The number of pyridine rings is 1. The van der Waals surface area contributed by atoms with Crippen molar-refractivity contribution in [3.05, 3.63) is 47.7 Å². The first kappa shape index (κ1) is 29.4. The molecule has 0 bridgehead atoms. The maximum atomic E-state index is 12.7. The molecule has 1 N–H and O–H groups in total. The Bertz CT molecular complexity index is 1320. The lowest BCUT2D eigenvalue weighted by Crippen LogP contribution is -2.47. The van der Waals surface area contributed by atoms with Gasteiger partial charge in [0.15, 0.2) is 11.5 Å². The number of methoxy groups -OCH3 is 2. The topological polar surface area (TPSA) is 87.6 Å². The Morgan fingerprint density at radius 1 is 0.975 bits per heavy atom. The van der Waals surface area contributed by atoms with Crippen LogP contribution in [0.3, 0.4) is 0 Å². The summed E-state index contributed by atoms with van der Waals surface area (Å²) >= 11 is 0. The fraction of sp³-hybridized carbons (Fsp3) is 0.484. The summed E-state index contributed by atoms with van der Waals surface area (Å²) in [5.74, 6) is 2.48. The Kier molecular flexibility index (Phi) is 9.71. The lowest BCUT2D eigenvalue weighted by molar-refractivity contribution is 0.148. The first-order valence-corrected chi connectivity index (χ1v) is 14.0. The number of amides is 1. The average molecular weight is 551 g/mol. The number of benzene rings is 2. The third-order valence-corrected chi connectivity index (χ3v) is 7.96.